The monoisotopic (exact) mass is 1960 g/mol. The average molecular weight is 1960 g/mol. The summed E-state index contributed by atoms with van der Waals surface area (Å²) in [6, 6.07) is 0. The van der Waals surface area contributed by atoms with E-state index in [9.17, 15) is 58.2 Å². The molecule has 19 aliphatic carbocycles. The second kappa shape index (κ2) is 51.1. The highest BCUT2D eigenvalue weighted by Crippen LogP contribution is 2.66. The summed E-state index contributed by atoms with van der Waals surface area (Å²) in [4.78, 5) is 121. The van der Waals surface area contributed by atoms with Crippen molar-refractivity contribution in [2.45, 2.75) is 524 Å². The number of carbonyl (C=O) groups is 10. The smallest absolute Gasteiger partial charge is 0.347 e. The minimum absolute atomic E-state index is 0. The molecule has 23 heteroatoms. The lowest BCUT2D eigenvalue weighted by atomic mass is 9.47. The van der Waals surface area contributed by atoms with Crippen LogP contribution in [0.3, 0.4) is 0 Å². The van der Waals surface area contributed by atoms with Gasteiger partial charge in [0, 0.05) is 37.5 Å². The Labute approximate surface area is 842 Å². The van der Waals surface area contributed by atoms with Gasteiger partial charge in [-0.25, -0.2) is 9.59 Å². The van der Waals surface area contributed by atoms with Crippen molar-refractivity contribution < 1.29 is 110 Å². The van der Waals surface area contributed by atoms with Gasteiger partial charge in [0.15, 0.2) is 13.4 Å². The van der Waals surface area contributed by atoms with Crippen molar-refractivity contribution in [3.8, 4) is 0 Å². The van der Waals surface area contributed by atoms with E-state index in [1.165, 1.54) is 83.5 Å². The maximum Gasteiger partial charge on any atom is 0.347 e. The number of esters is 10. The largest absolute Gasteiger partial charge is 0.463 e. The first kappa shape index (κ1) is 133. The molecule has 2 N–H and O–H groups in total. The van der Waals surface area contributed by atoms with Crippen LogP contribution in [-0.2, 0) is 100 Å². The van der Waals surface area contributed by atoms with Gasteiger partial charge in [0.2, 0.25) is 6.10 Å². The summed E-state index contributed by atoms with van der Waals surface area (Å²) in [6.07, 6.45) is 34.0. The molecule has 10 unspecified atom stereocenters. The lowest BCUT2D eigenvalue weighted by molar-refractivity contribution is -0.264. The molecule has 2 aliphatic heterocycles. The number of cyclic esters (lactones) is 1. The van der Waals surface area contributed by atoms with Crippen LogP contribution in [0.1, 0.15) is 466 Å². The molecule has 0 amide bonds. The van der Waals surface area contributed by atoms with Gasteiger partial charge < -0.3 is 62.3 Å². The number of hydrogen-bond acceptors (Lipinski definition) is 23. The normalized spacial score (nSPS) is 34.6. The fraction of sp³-hybridized carbons (Fsp3) is 0.913. The molecule has 0 spiro atoms. The quantitative estimate of drug-likeness (QED) is 0.0462. The lowest BCUT2D eigenvalue weighted by Gasteiger charge is -2.62. The number of fused-ring (bicyclic) bond motifs is 1. The number of rotatable bonds is 26. The predicted molar refractivity (Wildman–Crippen MR) is 553 cm³/mol. The topological polar surface area (TPSA) is 313 Å². The van der Waals surface area contributed by atoms with Gasteiger partial charge in [0.05, 0.1) is 67.7 Å². The standard InChI is InChI=1S/C28H42O5.C19H32O2.C16H22O6.C16H26O4.C14H26O2.C10H16O4.12CH4/c1-4-27(2,3)25(29)33-24-21-10-18-11-22(24)14-28(12-18,13-21)26(30)32-15-31-23-19-6-16-5-17(8-19)9-20(23)7-16;1-6-18(4,5)17(20)21-19(12(2)3)15-8-13-7-14(10-15)11-16(19)9-13;1-4-16(2,3)15(19)20-7-11(17)21-12-8-5-9-10(6-8)14(18)22-13(9)12;1-4-13(2,3)12(17)20-16-7-11-5-14(18,9-16)8-15(19,6-11)10-16;1-5-13(3,4)12(15)16-14(6-2)10-8-7-9-11-14;1-4-10(2,3)9(12)14-7-5-6-13-8(7)11;;;;;;;;;;;;/h16-24H,4-15H2,1-3H3;12-16H,6-11H2,1-5H3;8-10,12-13H,4-7H2,1-3H3;11,18-19H,4-10H2,1-3H3;5-11H2,1-4H3;7H,4-6H2,1-3H3;12*1H4. The van der Waals surface area contributed by atoms with Crippen LogP contribution < -0.4 is 0 Å². The second-order valence-corrected chi connectivity index (χ2v) is 47.7. The Morgan fingerprint density at radius 3 is 1.26 bits per heavy atom. The van der Waals surface area contributed by atoms with E-state index in [-0.39, 0.29) is 214 Å². The summed E-state index contributed by atoms with van der Waals surface area (Å²) >= 11 is 0. The third-order valence-corrected chi connectivity index (χ3v) is 35.8. The molecular weight excluding hydrogens is 1750 g/mol. The van der Waals surface area contributed by atoms with E-state index in [4.69, 9.17) is 52.1 Å². The lowest BCUT2D eigenvalue weighted by Crippen LogP contribution is -2.67. The molecule has 2 saturated heterocycles. The van der Waals surface area contributed by atoms with E-state index in [0.29, 0.717) is 98.6 Å². The average Bonchev–Trinajstić information content (AvgIpc) is 1.56. The molecule has 0 aromatic carbocycles. The van der Waals surface area contributed by atoms with E-state index < -0.39 is 62.5 Å². The highest BCUT2D eigenvalue weighted by molar-refractivity contribution is 5.84. The van der Waals surface area contributed by atoms with E-state index in [1.807, 2.05) is 90.0 Å². The summed E-state index contributed by atoms with van der Waals surface area (Å²) in [7, 11) is 0. The zero-order valence-corrected chi connectivity index (χ0v) is 81.2. The summed E-state index contributed by atoms with van der Waals surface area (Å²) in [5, 5.41) is 21.3. The fourth-order valence-electron chi connectivity index (χ4n) is 26.7. The Balaban J connectivity index is 0.00000164. The fourth-order valence-corrected chi connectivity index (χ4v) is 26.7. The molecule has 21 aliphatic rings. The van der Waals surface area contributed by atoms with Crippen LogP contribution in [0.2, 0.25) is 0 Å². The van der Waals surface area contributed by atoms with Gasteiger partial charge in [-0.1, -0.05) is 158 Å². The minimum atomic E-state index is -0.842. The molecule has 2 heterocycles. The molecule has 138 heavy (non-hydrogen) atoms. The molecule has 18 bridgehead atoms. The Morgan fingerprint density at radius 2 is 0.826 bits per heavy atom. The second-order valence-electron chi connectivity index (χ2n) is 47.7. The van der Waals surface area contributed by atoms with Gasteiger partial charge in [0.25, 0.3) is 0 Å². The maximum atomic E-state index is 13.4. The Morgan fingerprint density at radius 1 is 0.406 bits per heavy atom. The van der Waals surface area contributed by atoms with Crippen LogP contribution in [0.4, 0.5) is 0 Å². The minimum Gasteiger partial charge on any atom is -0.463 e. The molecule has 0 aromatic rings. The van der Waals surface area contributed by atoms with E-state index in [0.717, 1.165) is 133 Å². The van der Waals surface area contributed by atoms with E-state index >= 15 is 0 Å². The molecule has 0 radical (unpaired) electrons. The maximum absolute atomic E-state index is 13.4. The molecule has 810 valence electrons. The van der Waals surface area contributed by atoms with Crippen molar-refractivity contribution in [3.63, 3.8) is 0 Å². The molecule has 21 fully saturated rings. The summed E-state index contributed by atoms with van der Waals surface area (Å²) < 4.78 is 61.9. The van der Waals surface area contributed by atoms with E-state index in [2.05, 4.69) is 27.7 Å². The SMILES string of the molecule is C.C.C.C.C.C.C.C.C.C.C.C.CCC(C)(C)C(=O)OC1(C(C)C)C2CC3CC(C2)CC1C3.CCC(C)(C)C(=O)OC12CC3CC(O)(CC(O)(C3)C1)C2.CCC(C)(C)C(=O)OC1C2CC3CC1CC(C(=O)OCOC1C4CC5CC(C4)CC1C5)(C3)C2.CCC(C)(C)C(=O)OC1CCOC1=O.CCC(C)(C)C(=O)OCC(=O)OC1C2CC3C(=O)OC1C3C2.CCC1(OC(=O)C(C)(C)CC)CCCCC1. The molecule has 23 nitrogen and oxygen atoms in total. The number of carbonyl (C=O) groups excluding carboxylic acids is 10. The van der Waals surface area contributed by atoms with Gasteiger partial charge in [-0.2, -0.15) is 0 Å². The Bertz CT molecular complexity index is 3800. The van der Waals surface area contributed by atoms with Crippen LogP contribution >= 0.6 is 0 Å². The zero-order valence-electron chi connectivity index (χ0n) is 81.2. The van der Waals surface area contributed by atoms with Crippen LogP contribution in [0.15, 0.2) is 0 Å². The highest BCUT2D eigenvalue weighted by Gasteiger charge is 2.68. The number of aliphatic hydroxyl groups is 2. The van der Waals surface area contributed by atoms with Crippen LogP contribution in [0.5, 0.6) is 0 Å². The molecule has 19 saturated carbocycles. The Kier molecular flexibility index (Phi) is 49.1. The summed E-state index contributed by atoms with van der Waals surface area (Å²) in [5.41, 5.74) is -5.80. The number of ether oxygens (including phenoxy) is 11. The first-order chi connectivity index (χ1) is 58.9. The van der Waals surface area contributed by atoms with Crippen molar-refractivity contribution in [1.29, 1.82) is 0 Å². The predicted octanol–water partition coefficient (Wildman–Crippen LogP) is 26.9. The van der Waals surface area contributed by atoms with Crippen molar-refractivity contribution in [1.82, 2.24) is 0 Å². The zero-order chi connectivity index (χ0) is 92.3. The van der Waals surface area contributed by atoms with E-state index in [1.54, 1.807) is 27.7 Å². The van der Waals surface area contributed by atoms with Gasteiger partial charge in [0.1, 0.15) is 35.1 Å². The first-order valence-electron chi connectivity index (χ1n) is 50.0. The molecule has 10 atom stereocenters. The molecule has 21 rings (SSSR count). The van der Waals surface area contributed by atoms with Gasteiger partial charge >= 0.3 is 59.7 Å². The van der Waals surface area contributed by atoms with Crippen molar-refractivity contribution in [3.05, 3.63) is 0 Å². The Hall–Kier alpha value is -5.42. The number of hydrogen-bond donors (Lipinski definition) is 2. The van der Waals surface area contributed by atoms with Crippen molar-refractivity contribution in [2.75, 3.05) is 20.0 Å². The summed E-state index contributed by atoms with van der Waals surface area (Å²) in [5.74, 6) is 6.31. The molecular formula is C115H212O23. The van der Waals surface area contributed by atoms with Crippen LogP contribution in [-0.4, -0.2) is 148 Å². The summed E-state index contributed by atoms with van der Waals surface area (Å²) in [6.45, 7) is 41.6. The van der Waals surface area contributed by atoms with Crippen LogP contribution in [0, 0.1) is 133 Å². The van der Waals surface area contributed by atoms with Gasteiger partial charge in [-0.05, 0) is 359 Å². The van der Waals surface area contributed by atoms with Crippen molar-refractivity contribution in [2.24, 2.45) is 133 Å². The first-order valence-corrected chi connectivity index (χ1v) is 50.0. The van der Waals surface area contributed by atoms with Gasteiger partial charge in [-0.3, -0.25) is 38.4 Å². The molecule has 0 aromatic heterocycles. The van der Waals surface area contributed by atoms with Crippen molar-refractivity contribution >= 4 is 59.7 Å². The third kappa shape index (κ3) is 28.5. The third-order valence-electron chi connectivity index (χ3n) is 35.8. The van der Waals surface area contributed by atoms with Crippen LogP contribution in [0.25, 0.3) is 0 Å². The highest BCUT2D eigenvalue weighted by atomic mass is 16.7. The van der Waals surface area contributed by atoms with Gasteiger partial charge in [-0.15, -0.1) is 0 Å².